The minimum absolute atomic E-state index is 0.0107. The monoisotopic (exact) mass is 436 g/mol. The average molecular weight is 437 g/mol. The predicted octanol–water partition coefficient (Wildman–Crippen LogP) is 2.33. The molecule has 4 fully saturated rings. The van der Waals surface area contributed by atoms with Crippen molar-refractivity contribution in [1.82, 2.24) is 20.4 Å². The lowest BCUT2D eigenvalue weighted by atomic mass is 9.77. The molecule has 0 aromatic heterocycles. The van der Waals surface area contributed by atoms with Crippen molar-refractivity contribution in [3.63, 3.8) is 0 Å². The van der Waals surface area contributed by atoms with Crippen molar-refractivity contribution in [2.24, 2.45) is 17.8 Å². The van der Waals surface area contributed by atoms with Crippen LogP contribution in [0.3, 0.4) is 0 Å². The number of carbonyl (C=O) groups excluding carboxylic acids is 2. The molecule has 2 saturated carbocycles. The molecule has 2 amide bonds. The van der Waals surface area contributed by atoms with Crippen LogP contribution in [0.2, 0.25) is 0 Å². The SMILES string of the molecule is CC(C)C(=O)N1CCN([C@H]2CCC[C@@H](NC(=O)C3CC4C(F)CCC(C)C4N3)C2)CC1. The van der Waals surface area contributed by atoms with E-state index in [-0.39, 0.29) is 41.8 Å². The highest BCUT2D eigenvalue weighted by molar-refractivity contribution is 5.82. The van der Waals surface area contributed by atoms with Gasteiger partial charge in [-0.2, -0.15) is 0 Å². The molecule has 2 saturated heterocycles. The first-order chi connectivity index (χ1) is 14.8. The topological polar surface area (TPSA) is 64.7 Å². The van der Waals surface area contributed by atoms with Crippen molar-refractivity contribution in [3.8, 4) is 0 Å². The fraction of sp³-hybridized carbons (Fsp3) is 0.917. The van der Waals surface area contributed by atoms with E-state index < -0.39 is 6.17 Å². The highest BCUT2D eigenvalue weighted by Crippen LogP contribution is 2.38. The Kier molecular flexibility index (Phi) is 7.21. The van der Waals surface area contributed by atoms with Crippen LogP contribution >= 0.6 is 0 Å². The van der Waals surface area contributed by atoms with Crippen LogP contribution in [0.25, 0.3) is 0 Å². The first-order valence-corrected chi connectivity index (χ1v) is 12.6. The summed E-state index contributed by atoms with van der Waals surface area (Å²) in [5, 5.41) is 6.76. The fourth-order valence-corrected chi connectivity index (χ4v) is 6.40. The summed E-state index contributed by atoms with van der Waals surface area (Å²) >= 11 is 0. The lowest BCUT2D eigenvalue weighted by molar-refractivity contribution is -0.136. The number of halogens is 1. The summed E-state index contributed by atoms with van der Waals surface area (Å²) in [5.74, 6) is 0.803. The van der Waals surface area contributed by atoms with Crippen molar-refractivity contribution in [3.05, 3.63) is 0 Å². The lowest BCUT2D eigenvalue weighted by Gasteiger charge is -2.43. The zero-order valence-corrected chi connectivity index (χ0v) is 19.5. The molecule has 0 bridgehead atoms. The van der Waals surface area contributed by atoms with Gasteiger partial charge in [0.15, 0.2) is 0 Å². The number of piperazine rings is 1. The molecule has 2 heterocycles. The van der Waals surface area contributed by atoms with Gasteiger partial charge in [-0.15, -0.1) is 0 Å². The summed E-state index contributed by atoms with van der Waals surface area (Å²) in [5.41, 5.74) is 0. The summed E-state index contributed by atoms with van der Waals surface area (Å²) < 4.78 is 14.4. The second-order valence-corrected chi connectivity index (χ2v) is 10.8. The van der Waals surface area contributed by atoms with Crippen molar-refractivity contribution >= 4 is 11.8 Å². The zero-order valence-electron chi connectivity index (χ0n) is 19.5. The van der Waals surface area contributed by atoms with Crippen LogP contribution in [0.4, 0.5) is 4.39 Å². The van der Waals surface area contributed by atoms with Gasteiger partial charge < -0.3 is 15.5 Å². The summed E-state index contributed by atoms with van der Waals surface area (Å²) in [7, 11) is 0. The van der Waals surface area contributed by atoms with Crippen molar-refractivity contribution in [1.29, 1.82) is 0 Å². The number of hydrogen-bond acceptors (Lipinski definition) is 4. The van der Waals surface area contributed by atoms with Crippen LogP contribution in [0, 0.1) is 17.8 Å². The molecule has 0 spiro atoms. The van der Waals surface area contributed by atoms with Crippen molar-refractivity contribution < 1.29 is 14.0 Å². The van der Waals surface area contributed by atoms with Crippen LogP contribution in [0.15, 0.2) is 0 Å². The quantitative estimate of drug-likeness (QED) is 0.710. The molecular weight excluding hydrogens is 395 g/mol. The maximum atomic E-state index is 14.4. The summed E-state index contributed by atoms with van der Waals surface area (Å²) in [6.07, 6.45) is 5.69. The Morgan fingerprint density at radius 3 is 2.45 bits per heavy atom. The highest BCUT2D eigenvalue weighted by atomic mass is 19.1. The van der Waals surface area contributed by atoms with Gasteiger partial charge in [-0.05, 0) is 50.9 Å². The van der Waals surface area contributed by atoms with Crippen LogP contribution in [0.5, 0.6) is 0 Å². The van der Waals surface area contributed by atoms with Crippen molar-refractivity contribution in [2.45, 2.75) is 96.1 Å². The van der Waals surface area contributed by atoms with E-state index in [1.165, 1.54) is 0 Å². The molecule has 7 atom stereocenters. The number of nitrogens with one attached hydrogen (secondary N) is 2. The molecule has 2 N–H and O–H groups in total. The number of amides is 2. The Bertz CT molecular complexity index is 633. The standard InChI is InChI=1S/C24H41FN4O2/c1-15(2)24(31)29-11-9-28(10-12-29)18-6-4-5-17(13-18)26-23(30)21-14-19-20(25)8-7-16(3)22(19)27-21/h15-22,27H,4-14H2,1-3H3,(H,26,30)/t16?,17-,18+,19?,20?,21?,22?/m1/s1. The van der Waals surface area contributed by atoms with Crippen LogP contribution in [-0.4, -0.2) is 78.1 Å². The Balaban J connectivity index is 1.26. The predicted molar refractivity (Wildman–Crippen MR) is 119 cm³/mol. The van der Waals surface area contributed by atoms with E-state index in [2.05, 4.69) is 22.5 Å². The molecule has 176 valence electrons. The third-order valence-corrected chi connectivity index (χ3v) is 8.28. The van der Waals surface area contributed by atoms with Gasteiger partial charge in [-0.3, -0.25) is 14.5 Å². The van der Waals surface area contributed by atoms with Gasteiger partial charge in [0.25, 0.3) is 0 Å². The van der Waals surface area contributed by atoms with E-state index in [1.54, 1.807) is 0 Å². The maximum absolute atomic E-state index is 14.4. The van der Waals surface area contributed by atoms with Gasteiger partial charge in [-0.1, -0.05) is 20.8 Å². The summed E-state index contributed by atoms with van der Waals surface area (Å²) in [6, 6.07) is 0.567. The molecule has 31 heavy (non-hydrogen) atoms. The number of fused-ring (bicyclic) bond motifs is 1. The van der Waals surface area contributed by atoms with E-state index in [1.807, 2.05) is 18.7 Å². The number of hydrogen-bond donors (Lipinski definition) is 2. The maximum Gasteiger partial charge on any atom is 0.237 e. The van der Waals surface area contributed by atoms with E-state index in [0.717, 1.165) is 58.3 Å². The first-order valence-electron chi connectivity index (χ1n) is 12.6. The molecule has 5 unspecified atom stereocenters. The van der Waals surface area contributed by atoms with Gasteiger partial charge >= 0.3 is 0 Å². The molecule has 2 aliphatic heterocycles. The second-order valence-electron chi connectivity index (χ2n) is 10.8. The summed E-state index contributed by atoms with van der Waals surface area (Å²) in [4.78, 5) is 29.7. The van der Waals surface area contributed by atoms with Gasteiger partial charge in [0.05, 0.1) is 6.04 Å². The number of carbonyl (C=O) groups is 2. The van der Waals surface area contributed by atoms with Crippen LogP contribution in [0.1, 0.15) is 65.7 Å². The molecule has 0 aromatic rings. The zero-order chi connectivity index (χ0) is 22.1. The fourth-order valence-electron chi connectivity index (χ4n) is 6.40. The number of rotatable bonds is 4. The van der Waals surface area contributed by atoms with Crippen LogP contribution < -0.4 is 10.6 Å². The smallest absolute Gasteiger partial charge is 0.237 e. The highest BCUT2D eigenvalue weighted by Gasteiger charge is 2.46. The van der Waals surface area contributed by atoms with Crippen LogP contribution in [-0.2, 0) is 9.59 Å². The third kappa shape index (κ3) is 5.08. The van der Waals surface area contributed by atoms with E-state index >= 15 is 0 Å². The van der Waals surface area contributed by atoms with Gasteiger partial charge in [0.2, 0.25) is 11.8 Å². The molecule has 6 nitrogen and oxygen atoms in total. The van der Waals surface area contributed by atoms with E-state index in [9.17, 15) is 14.0 Å². The van der Waals surface area contributed by atoms with E-state index in [4.69, 9.17) is 0 Å². The lowest BCUT2D eigenvalue weighted by Crippen LogP contribution is -2.55. The normalized spacial score (nSPS) is 39.4. The second kappa shape index (κ2) is 9.74. The molecule has 0 radical (unpaired) electrons. The molecule has 4 aliphatic rings. The Morgan fingerprint density at radius 1 is 1.03 bits per heavy atom. The molecular formula is C24H41FN4O2. The number of alkyl halides is 1. The molecule has 4 rings (SSSR count). The van der Waals surface area contributed by atoms with Crippen molar-refractivity contribution in [2.75, 3.05) is 26.2 Å². The van der Waals surface area contributed by atoms with Gasteiger partial charge in [0.1, 0.15) is 6.17 Å². The van der Waals surface area contributed by atoms with Gasteiger partial charge in [-0.25, -0.2) is 4.39 Å². The van der Waals surface area contributed by atoms with E-state index in [0.29, 0.717) is 24.8 Å². The largest absolute Gasteiger partial charge is 0.352 e. The Labute approximate surface area is 186 Å². The molecule has 0 aromatic carbocycles. The Morgan fingerprint density at radius 2 is 1.77 bits per heavy atom. The third-order valence-electron chi connectivity index (χ3n) is 8.28. The summed E-state index contributed by atoms with van der Waals surface area (Å²) in [6.45, 7) is 9.57. The molecule has 7 heteroatoms. The minimum atomic E-state index is -0.771. The number of nitrogens with zero attached hydrogens (tertiary/aromatic N) is 2. The Hall–Kier alpha value is -1.21. The molecule has 2 aliphatic carbocycles. The first kappa shape index (κ1) is 23.0. The van der Waals surface area contributed by atoms with Gasteiger partial charge in [0, 0.05) is 56.1 Å². The minimum Gasteiger partial charge on any atom is -0.352 e. The average Bonchev–Trinajstić information content (AvgIpc) is 3.23.